The Morgan fingerprint density at radius 1 is 0.762 bits per heavy atom. The fourth-order valence-corrected chi connectivity index (χ4v) is 4.03. The third kappa shape index (κ3) is 5.90. The lowest BCUT2D eigenvalue weighted by Crippen LogP contribution is -2.41. The highest BCUT2D eigenvalue weighted by Crippen LogP contribution is 2.35. The van der Waals surface area contributed by atoms with Crippen molar-refractivity contribution in [2.24, 2.45) is 11.8 Å². The normalized spacial score (nSPS) is 34.0. The Labute approximate surface area is 132 Å². The number of unbranched alkanes of at least 4 members (excludes halogenated alkanes) is 3. The average molecular weight is 296 g/mol. The fraction of sp³-hybridized carbons (Fsp3) is 1.00. The first-order chi connectivity index (χ1) is 10.3. The van der Waals surface area contributed by atoms with Crippen LogP contribution in [0.2, 0.25) is 0 Å². The van der Waals surface area contributed by atoms with E-state index in [2.05, 4.69) is 13.8 Å². The summed E-state index contributed by atoms with van der Waals surface area (Å²) >= 11 is 0. The molecule has 0 N–H and O–H groups in total. The van der Waals surface area contributed by atoms with E-state index < -0.39 is 0 Å². The fourth-order valence-electron chi connectivity index (χ4n) is 4.03. The molecule has 2 atom stereocenters. The van der Waals surface area contributed by atoms with Crippen molar-refractivity contribution in [1.82, 2.24) is 0 Å². The minimum Gasteiger partial charge on any atom is -0.373 e. The largest absolute Gasteiger partial charge is 0.373 e. The van der Waals surface area contributed by atoms with Crippen LogP contribution in [-0.4, -0.2) is 25.4 Å². The van der Waals surface area contributed by atoms with E-state index in [1.807, 2.05) is 0 Å². The zero-order valence-corrected chi connectivity index (χ0v) is 14.3. The topological polar surface area (TPSA) is 18.5 Å². The molecule has 0 aromatic heterocycles. The van der Waals surface area contributed by atoms with Crippen LogP contribution in [0.4, 0.5) is 0 Å². The number of rotatable bonds is 8. The van der Waals surface area contributed by atoms with Crippen LogP contribution in [0.5, 0.6) is 0 Å². The van der Waals surface area contributed by atoms with Crippen LogP contribution in [0.25, 0.3) is 0 Å². The van der Waals surface area contributed by atoms with Gasteiger partial charge in [0.25, 0.3) is 0 Å². The van der Waals surface area contributed by atoms with E-state index in [0.29, 0.717) is 12.2 Å². The Kier molecular flexibility index (Phi) is 8.10. The minimum atomic E-state index is 0.362. The molecule has 2 rings (SSSR count). The molecule has 1 aliphatic carbocycles. The van der Waals surface area contributed by atoms with Crippen molar-refractivity contribution in [2.45, 2.75) is 96.7 Å². The van der Waals surface area contributed by atoms with E-state index in [0.717, 1.165) is 31.5 Å². The molecule has 0 spiro atoms. The molecule has 0 aromatic carbocycles. The summed E-state index contributed by atoms with van der Waals surface area (Å²) in [6.45, 7) is 6.19. The van der Waals surface area contributed by atoms with E-state index in [4.69, 9.17) is 9.47 Å². The summed E-state index contributed by atoms with van der Waals surface area (Å²) in [4.78, 5) is 0. The highest BCUT2D eigenvalue weighted by molar-refractivity contribution is 4.81. The van der Waals surface area contributed by atoms with Crippen molar-refractivity contribution in [3.63, 3.8) is 0 Å². The molecule has 124 valence electrons. The van der Waals surface area contributed by atoms with Gasteiger partial charge < -0.3 is 9.47 Å². The molecule has 2 nitrogen and oxygen atoms in total. The predicted octanol–water partition coefficient (Wildman–Crippen LogP) is 5.35. The van der Waals surface area contributed by atoms with Crippen LogP contribution >= 0.6 is 0 Å². The monoisotopic (exact) mass is 296 g/mol. The quantitative estimate of drug-likeness (QED) is 0.562. The summed E-state index contributed by atoms with van der Waals surface area (Å²) in [7, 11) is 0. The molecule has 2 heteroatoms. The summed E-state index contributed by atoms with van der Waals surface area (Å²) in [5, 5.41) is 0. The first kappa shape index (κ1) is 17.3. The van der Waals surface area contributed by atoms with Gasteiger partial charge >= 0.3 is 0 Å². The Hall–Kier alpha value is -0.0800. The van der Waals surface area contributed by atoms with Gasteiger partial charge in [-0.25, -0.2) is 0 Å². The van der Waals surface area contributed by atoms with E-state index in [1.165, 1.54) is 64.2 Å². The van der Waals surface area contributed by atoms with Crippen molar-refractivity contribution in [2.75, 3.05) is 13.2 Å². The van der Waals surface area contributed by atoms with Gasteiger partial charge in [0.15, 0.2) is 0 Å². The molecule has 0 bridgehead atoms. The van der Waals surface area contributed by atoms with Crippen LogP contribution in [0.15, 0.2) is 0 Å². The first-order valence-electron chi connectivity index (χ1n) is 9.56. The summed E-state index contributed by atoms with van der Waals surface area (Å²) in [5.41, 5.74) is 0. The van der Waals surface area contributed by atoms with E-state index >= 15 is 0 Å². The Balaban J connectivity index is 1.59. The third-order valence-corrected chi connectivity index (χ3v) is 5.49. The molecule has 1 saturated heterocycles. The summed E-state index contributed by atoms with van der Waals surface area (Å²) in [6.07, 6.45) is 15.8. The lowest BCUT2D eigenvalue weighted by molar-refractivity contribution is -0.156. The summed E-state index contributed by atoms with van der Waals surface area (Å²) in [5.74, 6) is 1.76. The molecule has 0 aromatic rings. The smallest absolute Gasteiger partial charge is 0.0838 e. The lowest BCUT2D eigenvalue weighted by atomic mass is 9.77. The maximum atomic E-state index is 6.11. The van der Waals surface area contributed by atoms with Gasteiger partial charge in [-0.1, -0.05) is 65.2 Å². The van der Waals surface area contributed by atoms with E-state index in [1.54, 1.807) is 0 Å². The van der Waals surface area contributed by atoms with Gasteiger partial charge in [-0.2, -0.15) is 0 Å². The van der Waals surface area contributed by atoms with Crippen molar-refractivity contribution in [3.05, 3.63) is 0 Å². The van der Waals surface area contributed by atoms with E-state index in [9.17, 15) is 0 Å². The van der Waals surface area contributed by atoms with Crippen LogP contribution in [0.3, 0.4) is 0 Å². The molecule has 2 unspecified atom stereocenters. The van der Waals surface area contributed by atoms with Gasteiger partial charge in [-0.15, -0.1) is 0 Å². The van der Waals surface area contributed by atoms with Crippen molar-refractivity contribution < 1.29 is 9.47 Å². The second kappa shape index (κ2) is 9.84. The summed E-state index contributed by atoms with van der Waals surface area (Å²) in [6, 6.07) is 0. The first-order valence-corrected chi connectivity index (χ1v) is 9.56. The Bertz CT molecular complexity index is 250. The molecular weight excluding hydrogens is 260 g/mol. The molecule has 1 saturated carbocycles. The van der Waals surface area contributed by atoms with Crippen LogP contribution in [0, 0.1) is 11.8 Å². The molecule has 1 aliphatic heterocycles. The van der Waals surface area contributed by atoms with Gasteiger partial charge in [-0.05, 0) is 31.1 Å². The maximum absolute atomic E-state index is 6.11. The van der Waals surface area contributed by atoms with Crippen LogP contribution < -0.4 is 0 Å². The second-order valence-corrected chi connectivity index (χ2v) is 7.25. The number of hydrogen-bond acceptors (Lipinski definition) is 2. The van der Waals surface area contributed by atoms with Crippen LogP contribution in [0.1, 0.15) is 84.5 Å². The molecule has 1 heterocycles. The van der Waals surface area contributed by atoms with E-state index in [-0.39, 0.29) is 0 Å². The second-order valence-electron chi connectivity index (χ2n) is 7.25. The minimum absolute atomic E-state index is 0.362. The molecule has 21 heavy (non-hydrogen) atoms. The molecule has 0 amide bonds. The van der Waals surface area contributed by atoms with Gasteiger partial charge in [0.1, 0.15) is 0 Å². The maximum Gasteiger partial charge on any atom is 0.0838 e. The molecule has 0 radical (unpaired) electrons. The van der Waals surface area contributed by atoms with Crippen molar-refractivity contribution >= 4 is 0 Å². The zero-order valence-electron chi connectivity index (χ0n) is 14.3. The van der Waals surface area contributed by atoms with Crippen molar-refractivity contribution in [3.8, 4) is 0 Å². The standard InChI is InChI=1S/C19H36O2/c1-3-5-6-7-9-16-10-12-17(13-11-16)19-15-20-18(8-4-2)14-21-19/h16-19H,3-15H2,1-2H3. The van der Waals surface area contributed by atoms with Gasteiger partial charge in [-0.3, -0.25) is 0 Å². The Morgan fingerprint density at radius 2 is 1.57 bits per heavy atom. The van der Waals surface area contributed by atoms with Gasteiger partial charge in [0, 0.05) is 0 Å². The summed E-state index contributed by atoms with van der Waals surface area (Å²) < 4.78 is 12.1. The SMILES string of the molecule is CCCCCCC1CCC(C2COC(CCC)CO2)CC1. The molecular formula is C19H36O2. The molecule has 2 fully saturated rings. The van der Waals surface area contributed by atoms with Gasteiger partial charge in [0.05, 0.1) is 25.4 Å². The predicted molar refractivity (Wildman–Crippen MR) is 88.6 cm³/mol. The highest BCUT2D eigenvalue weighted by Gasteiger charge is 2.31. The average Bonchev–Trinajstić information content (AvgIpc) is 2.53. The number of hydrogen-bond donors (Lipinski definition) is 0. The number of ether oxygens (including phenoxy) is 2. The highest BCUT2D eigenvalue weighted by atomic mass is 16.6. The zero-order chi connectivity index (χ0) is 14.9. The molecule has 2 aliphatic rings. The third-order valence-electron chi connectivity index (χ3n) is 5.49. The van der Waals surface area contributed by atoms with Crippen molar-refractivity contribution in [1.29, 1.82) is 0 Å². The van der Waals surface area contributed by atoms with Crippen LogP contribution in [-0.2, 0) is 9.47 Å². The lowest BCUT2D eigenvalue weighted by Gasteiger charge is -2.37. The van der Waals surface area contributed by atoms with Gasteiger partial charge in [0.2, 0.25) is 0 Å². The Morgan fingerprint density at radius 3 is 2.19 bits per heavy atom.